The summed E-state index contributed by atoms with van der Waals surface area (Å²) >= 11 is 6.67. The molecule has 1 saturated heterocycles. The first-order valence-electron chi connectivity index (χ1n) is 8.65. The number of carbonyl (C=O) groups is 1. The normalized spacial score (nSPS) is 16.4. The van der Waals surface area contributed by atoms with Crippen molar-refractivity contribution in [1.29, 1.82) is 0 Å². The molecule has 0 unspecified atom stereocenters. The molecule has 1 aliphatic heterocycles. The van der Waals surface area contributed by atoms with Crippen LogP contribution in [0.15, 0.2) is 6.33 Å². The fourth-order valence-electron chi connectivity index (χ4n) is 3.47. The molecule has 1 fully saturated rings. The van der Waals surface area contributed by atoms with Crippen LogP contribution in [0.4, 0.5) is 4.79 Å². The van der Waals surface area contributed by atoms with Crippen LogP contribution < -0.4 is 11.1 Å². The Hall–Kier alpha value is -1.69. The topological polar surface area (TPSA) is 59.7 Å². The number of fused-ring (bicyclic) bond motifs is 1. The first kappa shape index (κ1) is 18.1. The van der Waals surface area contributed by atoms with Gasteiger partial charge in [0.1, 0.15) is 25.4 Å². The molecule has 0 radical (unpaired) electrons. The Kier molecular flexibility index (Phi) is 4.75. The Morgan fingerprint density at radius 1 is 1.32 bits per heavy atom. The van der Waals surface area contributed by atoms with Gasteiger partial charge in [0.05, 0.1) is 0 Å². The Morgan fingerprint density at radius 3 is 2.56 bits per heavy atom. The van der Waals surface area contributed by atoms with Crippen LogP contribution in [0, 0.1) is 0 Å². The number of likely N-dealkylation sites (tertiary alicyclic amines) is 1. The zero-order valence-electron chi connectivity index (χ0n) is 15.5. The van der Waals surface area contributed by atoms with E-state index >= 15 is 0 Å². The van der Waals surface area contributed by atoms with E-state index in [1.807, 2.05) is 41.0 Å². The average Bonchev–Trinajstić information content (AvgIpc) is 3.02. The third kappa shape index (κ3) is 3.50. The average molecular weight is 360 g/mol. The molecule has 0 N–H and O–H groups in total. The third-order valence-electron chi connectivity index (χ3n) is 4.71. The van der Waals surface area contributed by atoms with Crippen LogP contribution >= 0.6 is 11.6 Å². The highest BCUT2D eigenvalue weighted by Crippen LogP contribution is 2.31. The molecular formula is C16H23B2ClN4O2. The minimum absolute atomic E-state index is 0.239. The van der Waals surface area contributed by atoms with Crippen molar-refractivity contribution in [2.45, 2.75) is 45.1 Å². The highest BCUT2D eigenvalue weighted by Gasteiger charge is 2.30. The summed E-state index contributed by atoms with van der Waals surface area (Å²) < 4.78 is 7.33. The SMILES string of the molecule is Bc1c(Cl)c(C2CCN(C(=O)OC(C)(C)C)CC2)c(B)n2ncnc12. The van der Waals surface area contributed by atoms with E-state index in [0.717, 1.165) is 40.1 Å². The van der Waals surface area contributed by atoms with Crippen LogP contribution in [0.3, 0.4) is 0 Å². The molecule has 0 atom stereocenters. The Balaban J connectivity index is 1.80. The van der Waals surface area contributed by atoms with E-state index in [2.05, 4.69) is 10.1 Å². The predicted molar refractivity (Wildman–Crippen MR) is 104 cm³/mol. The van der Waals surface area contributed by atoms with Gasteiger partial charge in [0.2, 0.25) is 0 Å². The van der Waals surface area contributed by atoms with E-state index in [0.29, 0.717) is 19.0 Å². The van der Waals surface area contributed by atoms with Crippen molar-refractivity contribution in [3.05, 3.63) is 16.9 Å². The zero-order valence-corrected chi connectivity index (χ0v) is 16.2. The largest absolute Gasteiger partial charge is 0.444 e. The summed E-state index contributed by atoms with van der Waals surface area (Å²) in [7, 11) is 4.01. The molecule has 2 aromatic heterocycles. The standard InChI is InChI=1S/C16H23B2ClN4O2/c1-16(2,3)25-15(24)22-6-4-9(5-7-22)10-12(19)11(17)14-20-8-21-23(14)13(10)18/h8-9H,4-7,17-18H2,1-3H3. The lowest BCUT2D eigenvalue weighted by Crippen LogP contribution is -2.42. The summed E-state index contributed by atoms with van der Waals surface area (Å²) in [4.78, 5) is 18.3. The number of ether oxygens (including phenoxy) is 1. The van der Waals surface area contributed by atoms with Gasteiger partial charge in [-0.3, -0.25) is 0 Å². The second-order valence-corrected chi connectivity index (χ2v) is 8.05. The maximum Gasteiger partial charge on any atom is 0.410 e. The molecule has 25 heavy (non-hydrogen) atoms. The van der Waals surface area contributed by atoms with E-state index in [1.54, 1.807) is 11.2 Å². The summed E-state index contributed by atoms with van der Waals surface area (Å²) in [6.45, 7) is 7.00. The van der Waals surface area contributed by atoms with Gasteiger partial charge in [-0.15, -0.1) is 0 Å². The minimum atomic E-state index is -0.469. The van der Waals surface area contributed by atoms with Crippen molar-refractivity contribution < 1.29 is 9.53 Å². The smallest absolute Gasteiger partial charge is 0.410 e. The highest BCUT2D eigenvalue weighted by atomic mass is 35.5. The summed E-state index contributed by atoms with van der Waals surface area (Å²) in [6.07, 6.45) is 3.04. The molecule has 1 amide bonds. The Bertz CT molecular complexity index is 811. The van der Waals surface area contributed by atoms with Gasteiger partial charge in [0.25, 0.3) is 0 Å². The molecule has 1 aliphatic rings. The number of hydrogen-bond acceptors (Lipinski definition) is 4. The lowest BCUT2D eigenvalue weighted by molar-refractivity contribution is 0.0205. The number of amides is 1. The van der Waals surface area contributed by atoms with Crippen LogP contribution in [0.1, 0.15) is 45.1 Å². The van der Waals surface area contributed by atoms with E-state index in [9.17, 15) is 4.79 Å². The number of pyridine rings is 1. The first-order valence-corrected chi connectivity index (χ1v) is 9.03. The summed E-state index contributed by atoms with van der Waals surface area (Å²) in [5.41, 5.74) is 3.44. The number of halogens is 1. The number of hydrogen-bond donors (Lipinski definition) is 0. The van der Waals surface area contributed by atoms with E-state index in [1.165, 1.54) is 0 Å². The Morgan fingerprint density at radius 2 is 1.96 bits per heavy atom. The molecule has 0 aliphatic carbocycles. The monoisotopic (exact) mass is 360 g/mol. The van der Waals surface area contributed by atoms with Gasteiger partial charge in [0, 0.05) is 23.7 Å². The molecule has 6 nitrogen and oxygen atoms in total. The van der Waals surface area contributed by atoms with Crippen molar-refractivity contribution in [1.82, 2.24) is 19.5 Å². The molecule has 0 saturated carbocycles. The van der Waals surface area contributed by atoms with Crippen LogP contribution in [-0.4, -0.2) is 60.0 Å². The van der Waals surface area contributed by atoms with E-state index in [4.69, 9.17) is 16.3 Å². The lowest BCUT2D eigenvalue weighted by Gasteiger charge is -2.34. The second kappa shape index (κ2) is 6.56. The van der Waals surface area contributed by atoms with Gasteiger partial charge in [-0.1, -0.05) is 11.6 Å². The molecular weight excluding hydrogens is 337 g/mol. The molecule has 0 bridgehead atoms. The summed E-state index contributed by atoms with van der Waals surface area (Å²) in [6, 6.07) is 0. The van der Waals surface area contributed by atoms with Gasteiger partial charge >= 0.3 is 6.09 Å². The fraction of sp³-hybridized carbons (Fsp3) is 0.562. The zero-order chi connectivity index (χ0) is 18.4. The quantitative estimate of drug-likeness (QED) is 0.673. The summed E-state index contributed by atoms with van der Waals surface area (Å²) in [5, 5.41) is 5.09. The molecule has 132 valence electrons. The molecule has 0 spiro atoms. The van der Waals surface area contributed by atoms with Gasteiger partial charge in [-0.05, 0) is 50.6 Å². The number of carbonyl (C=O) groups excluding carboxylic acids is 1. The van der Waals surface area contributed by atoms with Crippen molar-refractivity contribution in [3.63, 3.8) is 0 Å². The first-order chi connectivity index (χ1) is 11.7. The number of rotatable bonds is 1. The van der Waals surface area contributed by atoms with Crippen LogP contribution in [0.5, 0.6) is 0 Å². The number of aromatic nitrogens is 3. The van der Waals surface area contributed by atoms with Crippen molar-refractivity contribution in [2.75, 3.05) is 13.1 Å². The number of nitrogens with zero attached hydrogens (tertiary/aromatic N) is 4. The highest BCUT2D eigenvalue weighted by molar-refractivity contribution is 6.49. The van der Waals surface area contributed by atoms with Gasteiger partial charge in [-0.25, -0.2) is 14.3 Å². The third-order valence-corrected chi connectivity index (χ3v) is 5.20. The van der Waals surface area contributed by atoms with E-state index < -0.39 is 5.60 Å². The predicted octanol–water partition coefficient (Wildman–Crippen LogP) is 0.0140. The fourth-order valence-corrected chi connectivity index (χ4v) is 3.84. The van der Waals surface area contributed by atoms with Gasteiger partial charge in [0.15, 0.2) is 7.85 Å². The van der Waals surface area contributed by atoms with Crippen molar-refractivity contribution in [3.8, 4) is 0 Å². The van der Waals surface area contributed by atoms with Crippen LogP contribution in [0.25, 0.3) is 5.65 Å². The maximum absolute atomic E-state index is 12.2. The molecule has 3 heterocycles. The van der Waals surface area contributed by atoms with Crippen molar-refractivity contribution >= 4 is 50.1 Å². The van der Waals surface area contributed by atoms with Gasteiger partial charge in [-0.2, -0.15) is 5.10 Å². The summed E-state index contributed by atoms with van der Waals surface area (Å²) in [5.74, 6) is 0.304. The van der Waals surface area contributed by atoms with Crippen LogP contribution in [0.2, 0.25) is 5.02 Å². The molecule has 3 rings (SSSR count). The maximum atomic E-state index is 12.2. The van der Waals surface area contributed by atoms with Gasteiger partial charge < -0.3 is 9.64 Å². The molecule has 9 heteroatoms. The minimum Gasteiger partial charge on any atom is -0.444 e. The second-order valence-electron chi connectivity index (χ2n) is 7.68. The lowest BCUT2D eigenvalue weighted by atomic mass is 9.80. The van der Waals surface area contributed by atoms with Crippen LogP contribution in [-0.2, 0) is 4.74 Å². The van der Waals surface area contributed by atoms with Crippen molar-refractivity contribution in [2.24, 2.45) is 0 Å². The molecule has 0 aromatic carbocycles. The Labute approximate surface area is 154 Å². The molecule has 2 aromatic rings. The number of piperidine rings is 1. The van der Waals surface area contributed by atoms with E-state index in [-0.39, 0.29) is 6.09 Å².